The van der Waals surface area contributed by atoms with Gasteiger partial charge in [-0.05, 0) is 52.0 Å². The predicted octanol–water partition coefficient (Wildman–Crippen LogP) is 1.76. The molecule has 0 aromatic heterocycles. The van der Waals surface area contributed by atoms with Gasteiger partial charge in [-0.25, -0.2) is 0 Å². The van der Waals surface area contributed by atoms with Crippen LogP contribution < -0.4 is 5.32 Å². The maximum atomic E-state index is 3.52. The van der Waals surface area contributed by atoms with Gasteiger partial charge in [-0.2, -0.15) is 0 Å². The van der Waals surface area contributed by atoms with Gasteiger partial charge in [0.25, 0.3) is 0 Å². The van der Waals surface area contributed by atoms with E-state index in [-0.39, 0.29) is 0 Å². The number of likely N-dealkylation sites (N-methyl/N-ethyl adjacent to an activating group) is 3. The van der Waals surface area contributed by atoms with Crippen LogP contribution in [0.4, 0.5) is 0 Å². The summed E-state index contributed by atoms with van der Waals surface area (Å²) in [7, 11) is 6.59. The molecule has 0 spiro atoms. The summed E-state index contributed by atoms with van der Waals surface area (Å²) in [5, 5.41) is 3.52. The van der Waals surface area contributed by atoms with E-state index < -0.39 is 0 Å². The van der Waals surface area contributed by atoms with Crippen LogP contribution in [0.2, 0.25) is 0 Å². The molecule has 0 aliphatic carbocycles. The van der Waals surface area contributed by atoms with Crippen molar-refractivity contribution in [3.63, 3.8) is 0 Å². The van der Waals surface area contributed by atoms with Gasteiger partial charge in [0.1, 0.15) is 0 Å². The number of aryl methyl sites for hydroxylation is 1. The first-order valence-corrected chi connectivity index (χ1v) is 7.70. The molecule has 0 saturated carbocycles. The van der Waals surface area contributed by atoms with E-state index in [1.807, 2.05) is 0 Å². The van der Waals surface area contributed by atoms with Crippen LogP contribution in [0.5, 0.6) is 0 Å². The molecule has 0 amide bonds. The minimum Gasteiger partial charge on any atom is -0.317 e. The molecule has 0 bridgehead atoms. The summed E-state index contributed by atoms with van der Waals surface area (Å²) in [5.41, 5.74) is 2.88. The number of nitrogens with one attached hydrogen (secondary N) is 1. The highest BCUT2D eigenvalue weighted by atomic mass is 15.3. The second-order valence-electron chi connectivity index (χ2n) is 6.25. The molecule has 1 aromatic carbocycles. The van der Waals surface area contributed by atoms with Crippen molar-refractivity contribution in [2.45, 2.75) is 31.8 Å². The Morgan fingerprint density at radius 2 is 2.00 bits per heavy atom. The Balaban J connectivity index is 1.96. The first-order chi connectivity index (χ1) is 9.60. The number of hydrogen-bond acceptors (Lipinski definition) is 3. The molecule has 3 heteroatoms. The Morgan fingerprint density at radius 1 is 1.25 bits per heavy atom. The predicted molar refractivity (Wildman–Crippen MR) is 86.3 cm³/mol. The second-order valence-corrected chi connectivity index (χ2v) is 6.25. The molecule has 1 saturated heterocycles. The van der Waals surface area contributed by atoms with E-state index in [0.717, 1.165) is 6.42 Å². The highest BCUT2D eigenvalue weighted by Crippen LogP contribution is 2.16. The van der Waals surface area contributed by atoms with E-state index in [1.165, 1.54) is 37.2 Å². The fraction of sp³-hybridized carbons (Fsp3) is 0.647. The first kappa shape index (κ1) is 15.5. The molecular formula is C17H29N3. The molecular weight excluding hydrogens is 246 g/mol. The maximum absolute atomic E-state index is 3.52. The van der Waals surface area contributed by atoms with Gasteiger partial charge in [-0.3, -0.25) is 0 Å². The van der Waals surface area contributed by atoms with Gasteiger partial charge < -0.3 is 15.1 Å². The summed E-state index contributed by atoms with van der Waals surface area (Å²) in [6, 6.07) is 9.95. The lowest BCUT2D eigenvalue weighted by Crippen LogP contribution is -2.52. The molecule has 20 heavy (non-hydrogen) atoms. The summed E-state index contributed by atoms with van der Waals surface area (Å²) in [6.07, 6.45) is 2.34. The Labute approximate surface area is 124 Å². The SMILES string of the molecule is CNC(Cc1ccccc1C)CC1CN(C)CCN1C. The molecule has 1 fully saturated rings. The fourth-order valence-electron chi connectivity index (χ4n) is 3.09. The summed E-state index contributed by atoms with van der Waals surface area (Å²) < 4.78 is 0. The van der Waals surface area contributed by atoms with E-state index in [9.17, 15) is 0 Å². The van der Waals surface area contributed by atoms with Crippen molar-refractivity contribution in [1.29, 1.82) is 0 Å². The smallest absolute Gasteiger partial charge is 0.0235 e. The van der Waals surface area contributed by atoms with Crippen LogP contribution in [0.3, 0.4) is 0 Å². The van der Waals surface area contributed by atoms with E-state index in [4.69, 9.17) is 0 Å². The van der Waals surface area contributed by atoms with Crippen molar-refractivity contribution < 1.29 is 0 Å². The molecule has 1 aromatic rings. The lowest BCUT2D eigenvalue weighted by atomic mass is 9.95. The van der Waals surface area contributed by atoms with Crippen molar-refractivity contribution in [3.05, 3.63) is 35.4 Å². The van der Waals surface area contributed by atoms with Gasteiger partial charge in [0.15, 0.2) is 0 Å². The highest BCUT2D eigenvalue weighted by molar-refractivity contribution is 5.26. The van der Waals surface area contributed by atoms with Gasteiger partial charge in [0.2, 0.25) is 0 Å². The van der Waals surface area contributed by atoms with Crippen molar-refractivity contribution in [3.8, 4) is 0 Å². The summed E-state index contributed by atoms with van der Waals surface area (Å²) in [4.78, 5) is 4.97. The summed E-state index contributed by atoms with van der Waals surface area (Å²) >= 11 is 0. The summed E-state index contributed by atoms with van der Waals surface area (Å²) in [6.45, 7) is 5.77. The van der Waals surface area contributed by atoms with E-state index in [2.05, 4.69) is 67.4 Å². The second kappa shape index (κ2) is 7.21. The van der Waals surface area contributed by atoms with Gasteiger partial charge >= 0.3 is 0 Å². The Bertz CT molecular complexity index is 418. The number of hydrogen-bond donors (Lipinski definition) is 1. The van der Waals surface area contributed by atoms with Crippen molar-refractivity contribution >= 4 is 0 Å². The number of piperazine rings is 1. The quantitative estimate of drug-likeness (QED) is 0.883. The van der Waals surface area contributed by atoms with Crippen molar-refractivity contribution in [2.24, 2.45) is 0 Å². The average Bonchev–Trinajstić information content (AvgIpc) is 2.44. The Kier molecular flexibility index (Phi) is 5.58. The number of benzene rings is 1. The van der Waals surface area contributed by atoms with Crippen molar-refractivity contribution in [2.75, 3.05) is 40.8 Å². The van der Waals surface area contributed by atoms with Crippen LogP contribution in [0.25, 0.3) is 0 Å². The zero-order valence-corrected chi connectivity index (χ0v) is 13.4. The molecule has 0 radical (unpaired) electrons. The van der Waals surface area contributed by atoms with Crippen LogP contribution in [-0.2, 0) is 6.42 Å². The molecule has 2 atom stereocenters. The third-order valence-corrected chi connectivity index (χ3v) is 4.67. The zero-order chi connectivity index (χ0) is 14.5. The molecule has 1 aliphatic rings. The molecule has 2 rings (SSSR count). The zero-order valence-electron chi connectivity index (χ0n) is 13.4. The van der Waals surface area contributed by atoms with Crippen LogP contribution >= 0.6 is 0 Å². The minimum atomic E-state index is 0.551. The third-order valence-electron chi connectivity index (χ3n) is 4.67. The minimum absolute atomic E-state index is 0.551. The Morgan fingerprint density at radius 3 is 2.70 bits per heavy atom. The third kappa shape index (κ3) is 4.05. The maximum Gasteiger partial charge on any atom is 0.0235 e. The monoisotopic (exact) mass is 275 g/mol. The molecule has 3 nitrogen and oxygen atoms in total. The number of nitrogens with zero attached hydrogens (tertiary/aromatic N) is 2. The number of rotatable bonds is 5. The van der Waals surface area contributed by atoms with Crippen molar-refractivity contribution in [1.82, 2.24) is 15.1 Å². The normalized spacial score (nSPS) is 22.9. The average molecular weight is 275 g/mol. The Hall–Kier alpha value is -0.900. The summed E-state index contributed by atoms with van der Waals surface area (Å²) in [5.74, 6) is 0. The highest BCUT2D eigenvalue weighted by Gasteiger charge is 2.24. The largest absolute Gasteiger partial charge is 0.317 e. The lowest BCUT2D eigenvalue weighted by Gasteiger charge is -2.39. The molecule has 112 valence electrons. The standard InChI is InChI=1S/C17H29N3/c1-14-7-5-6-8-15(14)11-16(18-2)12-17-13-19(3)9-10-20(17)4/h5-8,16-18H,9-13H2,1-4H3. The van der Waals surface area contributed by atoms with Crippen LogP contribution in [-0.4, -0.2) is 62.7 Å². The van der Waals surface area contributed by atoms with Crippen LogP contribution in [0, 0.1) is 6.92 Å². The fourth-order valence-corrected chi connectivity index (χ4v) is 3.09. The molecule has 1 aliphatic heterocycles. The van der Waals surface area contributed by atoms with E-state index in [0.29, 0.717) is 12.1 Å². The van der Waals surface area contributed by atoms with E-state index >= 15 is 0 Å². The van der Waals surface area contributed by atoms with E-state index in [1.54, 1.807) is 0 Å². The molecule has 2 unspecified atom stereocenters. The van der Waals surface area contributed by atoms with Gasteiger partial charge in [-0.15, -0.1) is 0 Å². The molecule has 1 heterocycles. The van der Waals surface area contributed by atoms with Crippen LogP contribution in [0.15, 0.2) is 24.3 Å². The topological polar surface area (TPSA) is 18.5 Å². The van der Waals surface area contributed by atoms with Gasteiger partial charge in [0, 0.05) is 31.7 Å². The molecule has 1 N–H and O–H groups in total. The first-order valence-electron chi connectivity index (χ1n) is 7.70. The van der Waals surface area contributed by atoms with Gasteiger partial charge in [-0.1, -0.05) is 24.3 Å². The van der Waals surface area contributed by atoms with Crippen LogP contribution in [0.1, 0.15) is 17.5 Å². The lowest BCUT2D eigenvalue weighted by molar-refractivity contribution is 0.102. The van der Waals surface area contributed by atoms with Gasteiger partial charge in [0.05, 0.1) is 0 Å².